The molecular formula is C10H10N2. The number of allylic oxidation sites excluding steroid dienone is 1. The van der Waals surface area contributed by atoms with E-state index in [-0.39, 0.29) is 0 Å². The number of nitrogens with zero attached hydrogens (tertiary/aromatic N) is 2. The molecule has 2 heteroatoms. The van der Waals surface area contributed by atoms with Gasteiger partial charge >= 0.3 is 0 Å². The average molecular weight is 158 g/mol. The Bertz CT molecular complexity index is 321. The Hall–Kier alpha value is -1.62. The van der Waals surface area contributed by atoms with Crippen LogP contribution in [0.3, 0.4) is 0 Å². The van der Waals surface area contributed by atoms with Crippen LogP contribution in [0.2, 0.25) is 0 Å². The van der Waals surface area contributed by atoms with E-state index in [2.05, 4.69) is 4.98 Å². The Labute approximate surface area is 72.2 Å². The maximum Gasteiger partial charge on any atom is 0.0663 e. The van der Waals surface area contributed by atoms with Crippen LogP contribution in [-0.4, -0.2) is 4.98 Å². The third-order valence-electron chi connectivity index (χ3n) is 1.53. The zero-order chi connectivity index (χ0) is 8.81. The molecule has 0 unspecified atom stereocenters. The predicted octanol–water partition coefficient (Wildman–Crippen LogP) is 2.32. The summed E-state index contributed by atoms with van der Waals surface area (Å²) in [5.41, 5.74) is 2.07. The first kappa shape index (κ1) is 8.48. The van der Waals surface area contributed by atoms with Crippen LogP contribution in [0, 0.1) is 18.3 Å². The molecule has 0 fully saturated rings. The second-order valence-corrected chi connectivity index (χ2v) is 2.47. The van der Waals surface area contributed by atoms with Crippen LogP contribution in [0.25, 0.3) is 6.08 Å². The minimum absolute atomic E-state index is 0.440. The highest BCUT2D eigenvalue weighted by atomic mass is 14.7. The van der Waals surface area contributed by atoms with E-state index >= 15 is 0 Å². The van der Waals surface area contributed by atoms with Crippen molar-refractivity contribution in [3.05, 3.63) is 35.7 Å². The number of nitriles is 1. The van der Waals surface area contributed by atoms with Gasteiger partial charge < -0.3 is 0 Å². The van der Waals surface area contributed by atoms with E-state index in [1.807, 2.05) is 37.3 Å². The summed E-state index contributed by atoms with van der Waals surface area (Å²) >= 11 is 0. The lowest BCUT2D eigenvalue weighted by Crippen LogP contribution is -1.83. The molecule has 0 spiro atoms. The van der Waals surface area contributed by atoms with Gasteiger partial charge in [0.25, 0.3) is 0 Å². The molecule has 0 saturated carbocycles. The summed E-state index contributed by atoms with van der Waals surface area (Å²) in [6.45, 7) is 2.00. The van der Waals surface area contributed by atoms with E-state index in [0.29, 0.717) is 6.42 Å². The van der Waals surface area contributed by atoms with Crippen molar-refractivity contribution in [2.24, 2.45) is 0 Å². The SMILES string of the molecule is Cc1cccnc1C=CCC#N. The van der Waals surface area contributed by atoms with Crippen molar-refractivity contribution in [3.63, 3.8) is 0 Å². The van der Waals surface area contributed by atoms with Crippen molar-refractivity contribution in [2.75, 3.05) is 0 Å². The molecule has 0 aromatic carbocycles. The summed E-state index contributed by atoms with van der Waals surface area (Å²) < 4.78 is 0. The van der Waals surface area contributed by atoms with Gasteiger partial charge in [-0.1, -0.05) is 12.1 Å². The topological polar surface area (TPSA) is 36.7 Å². The van der Waals surface area contributed by atoms with Crippen LogP contribution in [-0.2, 0) is 0 Å². The molecule has 0 atom stereocenters. The lowest BCUT2D eigenvalue weighted by molar-refractivity contribution is 1.23. The first-order valence-corrected chi connectivity index (χ1v) is 3.79. The Morgan fingerprint density at radius 2 is 2.50 bits per heavy atom. The van der Waals surface area contributed by atoms with Crippen molar-refractivity contribution in [1.82, 2.24) is 4.98 Å². The smallest absolute Gasteiger partial charge is 0.0663 e. The molecule has 0 saturated heterocycles. The second-order valence-electron chi connectivity index (χ2n) is 2.47. The minimum atomic E-state index is 0.440. The molecule has 12 heavy (non-hydrogen) atoms. The number of hydrogen-bond donors (Lipinski definition) is 0. The third-order valence-corrected chi connectivity index (χ3v) is 1.53. The van der Waals surface area contributed by atoms with Gasteiger partial charge in [0.2, 0.25) is 0 Å². The predicted molar refractivity (Wildman–Crippen MR) is 48.2 cm³/mol. The van der Waals surface area contributed by atoms with Gasteiger partial charge in [0.05, 0.1) is 18.2 Å². The van der Waals surface area contributed by atoms with Crippen molar-refractivity contribution >= 4 is 6.08 Å². The van der Waals surface area contributed by atoms with Gasteiger partial charge in [-0.05, 0) is 24.6 Å². The molecule has 60 valence electrons. The molecular weight excluding hydrogens is 148 g/mol. The van der Waals surface area contributed by atoms with Crippen LogP contribution >= 0.6 is 0 Å². The molecule has 0 aliphatic rings. The Morgan fingerprint density at radius 1 is 1.67 bits per heavy atom. The number of rotatable bonds is 2. The van der Waals surface area contributed by atoms with Crippen LogP contribution in [0.4, 0.5) is 0 Å². The molecule has 0 N–H and O–H groups in total. The lowest BCUT2D eigenvalue weighted by Gasteiger charge is -1.95. The maximum absolute atomic E-state index is 8.29. The van der Waals surface area contributed by atoms with Crippen molar-refractivity contribution in [1.29, 1.82) is 5.26 Å². The number of aromatic nitrogens is 1. The first-order valence-electron chi connectivity index (χ1n) is 3.79. The van der Waals surface area contributed by atoms with E-state index in [9.17, 15) is 0 Å². The summed E-state index contributed by atoms with van der Waals surface area (Å²) in [6, 6.07) is 5.94. The Kier molecular flexibility index (Phi) is 3.04. The highest BCUT2D eigenvalue weighted by Crippen LogP contribution is 2.05. The number of aryl methyl sites for hydroxylation is 1. The molecule has 1 heterocycles. The van der Waals surface area contributed by atoms with E-state index in [1.54, 1.807) is 6.20 Å². The fourth-order valence-corrected chi connectivity index (χ4v) is 0.896. The molecule has 0 amide bonds. The van der Waals surface area contributed by atoms with Gasteiger partial charge in [-0.25, -0.2) is 0 Å². The normalized spacial score (nSPS) is 10.0. The quantitative estimate of drug-likeness (QED) is 0.662. The van der Waals surface area contributed by atoms with Crippen LogP contribution < -0.4 is 0 Å². The molecule has 1 aromatic rings. The lowest BCUT2D eigenvalue weighted by atomic mass is 10.2. The highest BCUT2D eigenvalue weighted by Gasteiger charge is 1.90. The molecule has 1 rings (SSSR count). The van der Waals surface area contributed by atoms with Gasteiger partial charge in [0.1, 0.15) is 0 Å². The molecule has 1 aromatic heterocycles. The van der Waals surface area contributed by atoms with Crippen molar-refractivity contribution in [2.45, 2.75) is 13.3 Å². The zero-order valence-corrected chi connectivity index (χ0v) is 6.99. The number of pyridine rings is 1. The van der Waals surface area contributed by atoms with E-state index in [0.717, 1.165) is 11.3 Å². The van der Waals surface area contributed by atoms with Gasteiger partial charge in [-0.2, -0.15) is 5.26 Å². The minimum Gasteiger partial charge on any atom is -0.257 e. The van der Waals surface area contributed by atoms with Crippen LogP contribution in [0.15, 0.2) is 24.4 Å². The fourth-order valence-electron chi connectivity index (χ4n) is 0.896. The van der Waals surface area contributed by atoms with Crippen molar-refractivity contribution in [3.8, 4) is 6.07 Å². The molecule has 0 radical (unpaired) electrons. The zero-order valence-electron chi connectivity index (χ0n) is 6.99. The van der Waals surface area contributed by atoms with E-state index in [1.165, 1.54) is 0 Å². The van der Waals surface area contributed by atoms with Crippen molar-refractivity contribution < 1.29 is 0 Å². The van der Waals surface area contributed by atoms with Crippen LogP contribution in [0.1, 0.15) is 17.7 Å². The van der Waals surface area contributed by atoms with Gasteiger partial charge in [0.15, 0.2) is 0 Å². The second kappa shape index (κ2) is 4.30. The summed E-state index contributed by atoms with van der Waals surface area (Å²) in [7, 11) is 0. The highest BCUT2D eigenvalue weighted by molar-refractivity contribution is 5.48. The maximum atomic E-state index is 8.29. The molecule has 0 aliphatic carbocycles. The Morgan fingerprint density at radius 3 is 3.17 bits per heavy atom. The molecule has 2 nitrogen and oxygen atoms in total. The van der Waals surface area contributed by atoms with Gasteiger partial charge in [-0.15, -0.1) is 0 Å². The molecule has 0 aliphatic heterocycles. The average Bonchev–Trinajstić information content (AvgIpc) is 2.09. The standard InChI is InChI=1S/C10H10N2/c1-9-5-4-8-12-10(9)6-2-3-7-11/h2,4-6,8H,3H2,1H3. The van der Waals surface area contributed by atoms with Gasteiger partial charge in [0, 0.05) is 6.20 Å². The summed E-state index contributed by atoms with van der Waals surface area (Å²) in [4.78, 5) is 4.15. The summed E-state index contributed by atoms with van der Waals surface area (Å²) in [5.74, 6) is 0. The van der Waals surface area contributed by atoms with E-state index in [4.69, 9.17) is 5.26 Å². The molecule has 0 bridgehead atoms. The monoisotopic (exact) mass is 158 g/mol. The first-order chi connectivity index (χ1) is 5.84. The third kappa shape index (κ3) is 2.21. The largest absolute Gasteiger partial charge is 0.257 e. The van der Waals surface area contributed by atoms with E-state index < -0.39 is 0 Å². The number of hydrogen-bond acceptors (Lipinski definition) is 2. The fraction of sp³-hybridized carbons (Fsp3) is 0.200. The summed E-state index contributed by atoms with van der Waals surface area (Å²) in [5, 5.41) is 8.29. The Balaban J connectivity index is 2.77. The van der Waals surface area contributed by atoms with Crippen LogP contribution in [0.5, 0.6) is 0 Å². The summed E-state index contributed by atoms with van der Waals surface area (Å²) in [6.07, 6.45) is 5.88. The van der Waals surface area contributed by atoms with Gasteiger partial charge in [-0.3, -0.25) is 4.98 Å².